The molecule has 1 atom stereocenters. The molecule has 1 N–H and O–H groups in total. The molecule has 30 heavy (non-hydrogen) atoms. The van der Waals surface area contributed by atoms with Gasteiger partial charge in [-0.2, -0.15) is 13.2 Å². The van der Waals surface area contributed by atoms with Crippen LogP contribution in [0.4, 0.5) is 13.2 Å². The van der Waals surface area contributed by atoms with Gasteiger partial charge in [0, 0.05) is 6.42 Å². The van der Waals surface area contributed by atoms with E-state index in [1.165, 1.54) is 12.1 Å². The molecule has 0 aliphatic rings. The smallest absolute Gasteiger partial charge is 0.416 e. The first-order valence-corrected chi connectivity index (χ1v) is 9.15. The third kappa shape index (κ3) is 5.53. The fraction of sp³-hybridized carbons (Fsp3) is 0.174. The summed E-state index contributed by atoms with van der Waals surface area (Å²) in [5.74, 6) is 0.318. The molecule has 3 aromatic rings. The van der Waals surface area contributed by atoms with E-state index in [1.54, 1.807) is 48.5 Å². The van der Waals surface area contributed by atoms with Crippen molar-refractivity contribution < 1.29 is 32.5 Å². The predicted octanol–water partition coefficient (Wildman–Crippen LogP) is 6.21. The van der Waals surface area contributed by atoms with Crippen LogP contribution in [0.3, 0.4) is 0 Å². The van der Waals surface area contributed by atoms with Gasteiger partial charge in [0.2, 0.25) is 0 Å². The number of carbonyl (C=O) groups is 1. The van der Waals surface area contributed by atoms with Gasteiger partial charge in [0.25, 0.3) is 0 Å². The van der Waals surface area contributed by atoms with Crippen LogP contribution in [-0.2, 0) is 12.6 Å². The summed E-state index contributed by atoms with van der Waals surface area (Å²) in [5, 5.41) is 9.26. The van der Waals surface area contributed by atoms with Gasteiger partial charge >= 0.3 is 12.1 Å². The Balaban J connectivity index is 1.60. The second-order valence-corrected chi connectivity index (χ2v) is 6.69. The molecular formula is C23H19F3O4. The van der Waals surface area contributed by atoms with Gasteiger partial charge in [-0.25, -0.2) is 4.79 Å². The zero-order chi connectivity index (χ0) is 21.7. The Morgan fingerprint density at radius 2 is 1.43 bits per heavy atom. The molecule has 1 unspecified atom stereocenters. The minimum atomic E-state index is -4.39. The fourth-order valence-corrected chi connectivity index (χ4v) is 2.92. The molecular weight excluding hydrogens is 397 g/mol. The number of aromatic carboxylic acids is 1. The van der Waals surface area contributed by atoms with Gasteiger partial charge in [0.15, 0.2) is 0 Å². The maximum Gasteiger partial charge on any atom is 0.416 e. The molecule has 0 aromatic heterocycles. The highest BCUT2D eigenvalue weighted by Crippen LogP contribution is 2.31. The van der Waals surface area contributed by atoms with E-state index >= 15 is 0 Å². The van der Waals surface area contributed by atoms with Crippen molar-refractivity contribution >= 4 is 5.97 Å². The van der Waals surface area contributed by atoms with Gasteiger partial charge in [-0.1, -0.05) is 18.2 Å². The lowest BCUT2D eigenvalue weighted by molar-refractivity contribution is -0.137. The summed E-state index contributed by atoms with van der Waals surface area (Å²) < 4.78 is 49.2. The molecule has 0 heterocycles. The number of alkyl halides is 3. The molecule has 0 aliphatic carbocycles. The predicted molar refractivity (Wildman–Crippen MR) is 105 cm³/mol. The van der Waals surface area contributed by atoms with Crippen LogP contribution in [0.25, 0.3) is 0 Å². The Morgan fingerprint density at radius 1 is 0.900 bits per heavy atom. The second-order valence-electron chi connectivity index (χ2n) is 6.69. The van der Waals surface area contributed by atoms with Crippen molar-refractivity contribution in [3.8, 4) is 17.2 Å². The molecule has 3 aromatic carbocycles. The molecule has 3 rings (SSSR count). The van der Waals surface area contributed by atoms with Crippen LogP contribution < -0.4 is 9.47 Å². The van der Waals surface area contributed by atoms with Crippen molar-refractivity contribution in [2.45, 2.75) is 25.6 Å². The van der Waals surface area contributed by atoms with E-state index in [9.17, 15) is 23.1 Å². The summed E-state index contributed by atoms with van der Waals surface area (Å²) in [5.41, 5.74) is 0.185. The zero-order valence-electron chi connectivity index (χ0n) is 16.0. The van der Waals surface area contributed by atoms with Crippen LogP contribution in [0.2, 0.25) is 0 Å². The number of halogens is 3. The average Bonchev–Trinajstić information content (AvgIpc) is 2.69. The van der Waals surface area contributed by atoms with Crippen LogP contribution in [-0.4, -0.2) is 17.2 Å². The molecule has 0 aliphatic heterocycles. The maximum absolute atomic E-state index is 12.6. The van der Waals surface area contributed by atoms with Crippen molar-refractivity contribution in [3.05, 3.63) is 89.5 Å². The van der Waals surface area contributed by atoms with Gasteiger partial charge < -0.3 is 14.6 Å². The minimum Gasteiger partial charge on any atom is -0.490 e. The lowest BCUT2D eigenvalue weighted by Crippen LogP contribution is -2.17. The number of benzene rings is 3. The Bertz CT molecular complexity index is 996. The van der Waals surface area contributed by atoms with Crippen LogP contribution >= 0.6 is 0 Å². The monoisotopic (exact) mass is 416 g/mol. The molecule has 0 bridgehead atoms. The normalized spacial score (nSPS) is 12.3. The summed E-state index contributed by atoms with van der Waals surface area (Å²) in [7, 11) is 0. The summed E-state index contributed by atoms with van der Waals surface area (Å²) in [6.45, 7) is 1.84. The SMILES string of the molecule is CC(Cc1ccccc1C(=O)O)Oc1ccc(Oc2ccc(C(F)(F)F)cc2)cc1. The van der Waals surface area contributed by atoms with Crippen LogP contribution in [0.15, 0.2) is 72.8 Å². The van der Waals surface area contributed by atoms with E-state index in [2.05, 4.69) is 0 Å². The van der Waals surface area contributed by atoms with Gasteiger partial charge in [-0.15, -0.1) is 0 Å². The van der Waals surface area contributed by atoms with E-state index in [4.69, 9.17) is 9.47 Å². The maximum atomic E-state index is 12.6. The lowest BCUT2D eigenvalue weighted by Gasteiger charge is -2.16. The van der Waals surface area contributed by atoms with Crippen LogP contribution in [0.1, 0.15) is 28.4 Å². The molecule has 0 spiro atoms. The van der Waals surface area contributed by atoms with E-state index < -0.39 is 17.7 Å². The topological polar surface area (TPSA) is 55.8 Å². The number of hydrogen-bond acceptors (Lipinski definition) is 3. The van der Waals surface area contributed by atoms with Gasteiger partial charge in [-0.3, -0.25) is 0 Å². The fourth-order valence-electron chi connectivity index (χ4n) is 2.92. The molecule has 0 saturated carbocycles. The van der Waals surface area contributed by atoms with Crippen molar-refractivity contribution in [2.75, 3.05) is 0 Å². The van der Waals surface area contributed by atoms with Crippen molar-refractivity contribution in [1.29, 1.82) is 0 Å². The lowest BCUT2D eigenvalue weighted by atomic mass is 10.0. The molecule has 7 heteroatoms. The van der Waals surface area contributed by atoms with Crippen molar-refractivity contribution in [1.82, 2.24) is 0 Å². The number of carboxylic acids is 1. The van der Waals surface area contributed by atoms with E-state index in [1.807, 2.05) is 6.92 Å². The van der Waals surface area contributed by atoms with Gasteiger partial charge in [-0.05, 0) is 67.1 Å². The number of carboxylic acid groups (broad SMARTS) is 1. The standard InChI is InChI=1S/C23H19F3O4/c1-15(14-16-4-2-3-5-21(16)22(27)28)29-18-10-12-20(13-11-18)30-19-8-6-17(7-9-19)23(24,25)26/h2-13,15H,14H2,1H3,(H,27,28). The third-order valence-electron chi connectivity index (χ3n) is 4.33. The van der Waals surface area contributed by atoms with E-state index in [0.29, 0.717) is 23.5 Å². The molecule has 0 amide bonds. The summed E-state index contributed by atoms with van der Waals surface area (Å²) in [4.78, 5) is 11.3. The minimum absolute atomic E-state index is 0.244. The average molecular weight is 416 g/mol. The van der Waals surface area contributed by atoms with Crippen LogP contribution in [0.5, 0.6) is 17.2 Å². The largest absolute Gasteiger partial charge is 0.490 e. The summed E-state index contributed by atoms with van der Waals surface area (Å²) >= 11 is 0. The van der Waals surface area contributed by atoms with Gasteiger partial charge in [0.05, 0.1) is 17.2 Å². The highest BCUT2D eigenvalue weighted by molar-refractivity contribution is 5.89. The first-order valence-electron chi connectivity index (χ1n) is 9.15. The Kier molecular flexibility index (Phi) is 6.30. The second kappa shape index (κ2) is 8.90. The van der Waals surface area contributed by atoms with Crippen molar-refractivity contribution in [2.24, 2.45) is 0 Å². The molecule has 0 saturated heterocycles. The molecule has 4 nitrogen and oxygen atoms in total. The quantitative estimate of drug-likeness (QED) is 0.498. The molecule has 156 valence electrons. The summed E-state index contributed by atoms with van der Waals surface area (Å²) in [6, 6.07) is 17.9. The number of hydrogen-bond donors (Lipinski definition) is 1. The van der Waals surface area contributed by atoms with E-state index in [0.717, 1.165) is 12.1 Å². The van der Waals surface area contributed by atoms with E-state index in [-0.39, 0.29) is 17.4 Å². The number of ether oxygens (including phenoxy) is 2. The first kappa shape index (κ1) is 21.2. The Morgan fingerprint density at radius 3 is 2.00 bits per heavy atom. The van der Waals surface area contributed by atoms with Gasteiger partial charge in [0.1, 0.15) is 17.2 Å². The third-order valence-corrected chi connectivity index (χ3v) is 4.33. The highest BCUT2D eigenvalue weighted by Gasteiger charge is 2.30. The van der Waals surface area contributed by atoms with Crippen LogP contribution in [0, 0.1) is 0 Å². The summed E-state index contributed by atoms with van der Waals surface area (Å²) in [6.07, 6.45) is -4.24. The Labute approximate surface area is 171 Å². The number of rotatable bonds is 7. The van der Waals surface area contributed by atoms with Crippen molar-refractivity contribution in [3.63, 3.8) is 0 Å². The molecule has 0 radical (unpaired) electrons. The highest BCUT2D eigenvalue weighted by atomic mass is 19.4. The Hall–Kier alpha value is -3.48. The first-order chi connectivity index (χ1) is 14.2. The zero-order valence-corrected chi connectivity index (χ0v) is 16.0. The molecule has 0 fully saturated rings.